The smallest absolute Gasteiger partial charge is 0.222 e. The number of nitrogens with one attached hydrogen (secondary N) is 1. The predicted octanol–water partition coefficient (Wildman–Crippen LogP) is 2.11. The van der Waals surface area contributed by atoms with E-state index in [0.717, 1.165) is 52.0 Å². The molecule has 0 aromatic heterocycles. The number of ether oxygens (including phenoxy) is 3. The first-order valence-electron chi connectivity index (χ1n) is 12.7. The maximum Gasteiger partial charge on any atom is 0.222 e. The first-order chi connectivity index (χ1) is 15.2. The van der Waals surface area contributed by atoms with E-state index in [1.165, 1.54) is 32.1 Å². The van der Waals surface area contributed by atoms with Crippen LogP contribution in [-0.2, 0) is 19.0 Å². The van der Waals surface area contributed by atoms with Crippen LogP contribution in [0.3, 0.4) is 0 Å². The number of hydrogen-bond donors (Lipinski definition) is 2. The van der Waals surface area contributed by atoms with E-state index in [0.29, 0.717) is 38.0 Å². The number of aliphatic hydroxyl groups is 1. The summed E-state index contributed by atoms with van der Waals surface area (Å²) in [6.07, 6.45) is 10.4. The predicted molar refractivity (Wildman–Crippen MR) is 118 cm³/mol. The van der Waals surface area contributed by atoms with Crippen LogP contribution in [0.5, 0.6) is 0 Å². The second kappa shape index (κ2) is 11.9. The van der Waals surface area contributed by atoms with Crippen LogP contribution in [0.4, 0.5) is 0 Å². The van der Waals surface area contributed by atoms with Crippen LogP contribution in [-0.4, -0.2) is 86.3 Å². The quantitative estimate of drug-likeness (QED) is 0.661. The highest BCUT2D eigenvalue weighted by atomic mass is 16.5. The third kappa shape index (κ3) is 7.13. The number of fused-ring (bicyclic) bond motifs is 1. The van der Waals surface area contributed by atoms with Gasteiger partial charge in [-0.15, -0.1) is 0 Å². The van der Waals surface area contributed by atoms with Gasteiger partial charge in [-0.1, -0.05) is 19.3 Å². The van der Waals surface area contributed by atoms with Crippen molar-refractivity contribution in [3.05, 3.63) is 0 Å². The third-order valence-corrected chi connectivity index (χ3v) is 7.65. The minimum atomic E-state index is -0.455. The molecular weight excluding hydrogens is 396 g/mol. The minimum Gasteiger partial charge on any atom is -0.389 e. The van der Waals surface area contributed by atoms with Crippen LogP contribution >= 0.6 is 0 Å². The van der Waals surface area contributed by atoms with Crippen molar-refractivity contribution in [2.24, 2.45) is 11.8 Å². The van der Waals surface area contributed by atoms with Crippen molar-refractivity contribution in [1.82, 2.24) is 10.2 Å². The van der Waals surface area contributed by atoms with E-state index >= 15 is 0 Å². The van der Waals surface area contributed by atoms with Crippen molar-refractivity contribution < 1.29 is 24.1 Å². The van der Waals surface area contributed by atoms with Crippen LogP contribution in [0.25, 0.3) is 0 Å². The molecule has 0 radical (unpaired) electrons. The average molecular weight is 439 g/mol. The summed E-state index contributed by atoms with van der Waals surface area (Å²) in [5, 5.41) is 13.5. The van der Waals surface area contributed by atoms with Gasteiger partial charge in [0, 0.05) is 38.9 Å². The normalized spacial score (nSPS) is 34.5. The molecule has 1 saturated carbocycles. The second-order valence-corrected chi connectivity index (χ2v) is 10.2. The van der Waals surface area contributed by atoms with Crippen LogP contribution in [0.1, 0.15) is 64.2 Å². The van der Waals surface area contributed by atoms with Gasteiger partial charge in [-0.2, -0.15) is 0 Å². The molecule has 0 spiro atoms. The van der Waals surface area contributed by atoms with E-state index in [-0.39, 0.29) is 24.2 Å². The number of carbonyl (C=O) groups is 1. The van der Waals surface area contributed by atoms with E-state index in [9.17, 15) is 9.90 Å². The van der Waals surface area contributed by atoms with Crippen LogP contribution in [0.2, 0.25) is 0 Å². The number of carbonyl (C=O) groups excluding carboxylic acids is 1. The lowest BCUT2D eigenvalue weighted by Crippen LogP contribution is -2.57. The number of rotatable bonds is 6. The number of hydrogen-bond acceptors (Lipinski definition) is 6. The van der Waals surface area contributed by atoms with E-state index < -0.39 is 6.10 Å². The first-order valence-corrected chi connectivity index (χ1v) is 12.7. The SMILES string of the molecule is O=C(C[C@H]1CC[C@H]2[C@@H](COC[C@@H](O)CN2CC2CCOCC2)O1)NCC1CCCCC1. The summed E-state index contributed by atoms with van der Waals surface area (Å²) in [6.45, 7) is 4.96. The molecule has 2 N–H and O–H groups in total. The fourth-order valence-corrected chi connectivity index (χ4v) is 5.84. The molecule has 178 valence electrons. The molecule has 0 unspecified atom stereocenters. The highest BCUT2D eigenvalue weighted by molar-refractivity contribution is 5.76. The Balaban J connectivity index is 1.27. The molecule has 4 fully saturated rings. The van der Waals surface area contributed by atoms with Gasteiger partial charge in [0.1, 0.15) is 0 Å². The third-order valence-electron chi connectivity index (χ3n) is 7.65. The Morgan fingerprint density at radius 3 is 2.55 bits per heavy atom. The topological polar surface area (TPSA) is 80.3 Å². The molecule has 1 aliphatic carbocycles. The number of nitrogens with zero attached hydrogens (tertiary/aromatic N) is 1. The van der Waals surface area contributed by atoms with Crippen molar-refractivity contribution in [3.8, 4) is 0 Å². The van der Waals surface area contributed by atoms with E-state index in [2.05, 4.69) is 10.2 Å². The number of β-amino-alcohol motifs (C(OH)–C–C–N with tert-alkyl or cyclic N) is 1. The van der Waals surface area contributed by atoms with Crippen LogP contribution in [0, 0.1) is 11.8 Å². The Bertz CT molecular complexity index is 550. The Morgan fingerprint density at radius 1 is 0.935 bits per heavy atom. The van der Waals surface area contributed by atoms with Crippen molar-refractivity contribution in [1.29, 1.82) is 0 Å². The van der Waals surface area contributed by atoms with Gasteiger partial charge in [0.25, 0.3) is 0 Å². The van der Waals surface area contributed by atoms with Crippen molar-refractivity contribution >= 4 is 5.91 Å². The van der Waals surface area contributed by atoms with Crippen LogP contribution in [0.15, 0.2) is 0 Å². The molecule has 3 saturated heterocycles. The molecule has 1 amide bonds. The van der Waals surface area contributed by atoms with Crippen molar-refractivity contribution in [2.75, 3.05) is 46.1 Å². The van der Waals surface area contributed by atoms with Gasteiger partial charge in [0.15, 0.2) is 0 Å². The summed E-state index contributed by atoms with van der Waals surface area (Å²) < 4.78 is 17.7. The molecule has 31 heavy (non-hydrogen) atoms. The van der Waals surface area contributed by atoms with E-state index in [1.807, 2.05) is 0 Å². The van der Waals surface area contributed by atoms with Gasteiger partial charge >= 0.3 is 0 Å². The molecule has 0 aromatic rings. The fourth-order valence-electron chi connectivity index (χ4n) is 5.84. The summed E-state index contributed by atoms with van der Waals surface area (Å²) in [5.74, 6) is 1.39. The van der Waals surface area contributed by atoms with Gasteiger partial charge < -0.3 is 24.6 Å². The zero-order chi connectivity index (χ0) is 21.5. The van der Waals surface area contributed by atoms with Gasteiger partial charge in [-0.3, -0.25) is 9.69 Å². The largest absolute Gasteiger partial charge is 0.389 e. The maximum atomic E-state index is 12.5. The summed E-state index contributed by atoms with van der Waals surface area (Å²) >= 11 is 0. The first kappa shape index (κ1) is 23.4. The Labute approximate surface area is 187 Å². The highest BCUT2D eigenvalue weighted by Crippen LogP contribution is 2.29. The maximum absolute atomic E-state index is 12.5. The molecule has 7 nitrogen and oxygen atoms in total. The second-order valence-electron chi connectivity index (χ2n) is 10.2. The monoisotopic (exact) mass is 438 g/mol. The average Bonchev–Trinajstić information content (AvgIpc) is 2.78. The molecule has 0 bridgehead atoms. The minimum absolute atomic E-state index is 0.0303. The lowest BCUT2D eigenvalue weighted by atomic mass is 9.89. The zero-order valence-electron chi connectivity index (χ0n) is 19.0. The summed E-state index contributed by atoms with van der Waals surface area (Å²) in [5.41, 5.74) is 0. The number of amides is 1. The Hall–Kier alpha value is -0.730. The fraction of sp³-hybridized carbons (Fsp3) is 0.958. The van der Waals surface area contributed by atoms with Crippen molar-refractivity contribution in [2.45, 2.75) is 88.6 Å². The molecule has 4 aliphatic rings. The van der Waals surface area contributed by atoms with Crippen molar-refractivity contribution in [3.63, 3.8) is 0 Å². The Morgan fingerprint density at radius 2 is 1.74 bits per heavy atom. The molecule has 4 atom stereocenters. The van der Waals surface area contributed by atoms with Gasteiger partial charge in [0.2, 0.25) is 5.91 Å². The Kier molecular flexibility index (Phi) is 9.02. The molecule has 4 rings (SSSR count). The van der Waals surface area contributed by atoms with Gasteiger partial charge in [-0.25, -0.2) is 0 Å². The number of aliphatic hydroxyl groups excluding tert-OH is 1. The summed E-state index contributed by atoms with van der Waals surface area (Å²) in [7, 11) is 0. The molecule has 3 heterocycles. The van der Waals surface area contributed by atoms with Gasteiger partial charge in [0.05, 0.1) is 37.9 Å². The van der Waals surface area contributed by atoms with Crippen LogP contribution < -0.4 is 5.32 Å². The highest BCUT2D eigenvalue weighted by Gasteiger charge is 2.38. The van der Waals surface area contributed by atoms with E-state index in [1.54, 1.807) is 0 Å². The molecule has 7 heteroatoms. The lowest BCUT2D eigenvalue weighted by Gasteiger charge is -2.45. The molecule has 0 aromatic carbocycles. The molecule has 3 aliphatic heterocycles. The van der Waals surface area contributed by atoms with Gasteiger partial charge in [-0.05, 0) is 50.4 Å². The zero-order valence-corrected chi connectivity index (χ0v) is 19.0. The summed E-state index contributed by atoms with van der Waals surface area (Å²) in [4.78, 5) is 15.0. The molecular formula is C24H42N2O5. The standard InChI is InChI=1S/C24H42N2O5/c27-20-15-26(14-19-8-10-29-11-9-19)22-7-6-21(31-23(22)17-30-16-20)12-24(28)25-13-18-4-2-1-3-5-18/h18-23,27H,1-17H2,(H,25,28)/t20-,21+,22-,23+/m0/s1. The lowest BCUT2D eigenvalue weighted by molar-refractivity contribution is -0.159. The summed E-state index contributed by atoms with van der Waals surface area (Å²) in [6, 6.07) is 0.249. The van der Waals surface area contributed by atoms with E-state index in [4.69, 9.17) is 14.2 Å².